The van der Waals surface area contributed by atoms with Gasteiger partial charge in [-0.1, -0.05) is 11.3 Å². The maximum atomic E-state index is 12.0. The van der Waals surface area contributed by atoms with Crippen LogP contribution in [0, 0.1) is 6.92 Å². The van der Waals surface area contributed by atoms with Crippen molar-refractivity contribution in [3.05, 3.63) is 5.69 Å². The van der Waals surface area contributed by atoms with Gasteiger partial charge in [0.05, 0.1) is 11.8 Å². The zero-order valence-corrected chi connectivity index (χ0v) is 11.3. The molecule has 0 aliphatic heterocycles. The Kier molecular flexibility index (Phi) is 3.39. The van der Waals surface area contributed by atoms with E-state index < -0.39 is 10.0 Å². The molecule has 0 aromatic carbocycles. The monoisotopic (exact) mass is 277 g/mol. The first-order valence-corrected chi connectivity index (χ1v) is 7.50. The van der Waals surface area contributed by atoms with E-state index >= 15 is 0 Å². The molecule has 1 saturated carbocycles. The molecule has 1 heterocycles. The molecule has 1 aromatic rings. The third kappa shape index (κ3) is 2.59. The predicted octanol–water partition coefficient (Wildman–Crippen LogP) is 0.489. The Hall–Kier alpha value is -0.700. The Morgan fingerprint density at radius 3 is 2.65 bits per heavy atom. The fourth-order valence-corrected chi connectivity index (χ4v) is 4.36. The molecule has 1 aliphatic carbocycles. The number of sulfonamides is 1. The number of nitrogens with two attached hydrogens (primary N) is 1. The van der Waals surface area contributed by atoms with Gasteiger partial charge in [0.2, 0.25) is 0 Å². The molecule has 0 amide bonds. The third-order valence-electron chi connectivity index (χ3n) is 2.76. The van der Waals surface area contributed by atoms with Crippen LogP contribution in [0.25, 0.3) is 0 Å². The van der Waals surface area contributed by atoms with Crippen LogP contribution in [-0.4, -0.2) is 32.7 Å². The Balaban J connectivity index is 2.07. The number of hydrogen-bond donors (Lipinski definition) is 2. The summed E-state index contributed by atoms with van der Waals surface area (Å²) >= 11 is 0.989. The van der Waals surface area contributed by atoms with Crippen molar-refractivity contribution in [3.8, 4) is 0 Å². The van der Waals surface area contributed by atoms with Gasteiger partial charge >= 0.3 is 0 Å². The second-order valence-electron chi connectivity index (χ2n) is 4.07. The first kappa shape index (κ1) is 12.7. The largest absolute Gasteiger partial charge is 0.381 e. The van der Waals surface area contributed by atoms with Gasteiger partial charge in [0.1, 0.15) is 0 Å². The molecule has 0 saturated heterocycles. The second kappa shape index (κ2) is 4.52. The molecule has 8 heteroatoms. The number of thiazole rings is 1. The van der Waals surface area contributed by atoms with Crippen molar-refractivity contribution in [2.45, 2.75) is 36.1 Å². The van der Waals surface area contributed by atoms with E-state index in [0.29, 0.717) is 18.5 Å². The highest BCUT2D eigenvalue weighted by molar-refractivity contribution is 7.91. The highest BCUT2D eigenvalue weighted by Crippen LogP contribution is 2.28. The first-order valence-electron chi connectivity index (χ1n) is 5.20. The van der Waals surface area contributed by atoms with Crippen molar-refractivity contribution in [1.82, 2.24) is 9.71 Å². The summed E-state index contributed by atoms with van der Waals surface area (Å²) in [5.41, 5.74) is 5.94. The first-order chi connectivity index (χ1) is 7.92. The maximum Gasteiger partial charge on any atom is 0.252 e. The topological polar surface area (TPSA) is 94.3 Å². The van der Waals surface area contributed by atoms with Gasteiger partial charge in [0, 0.05) is 13.2 Å². The Morgan fingerprint density at radius 2 is 2.18 bits per heavy atom. The molecule has 1 fully saturated rings. The number of methoxy groups -OCH3 is 1. The van der Waals surface area contributed by atoms with E-state index in [-0.39, 0.29) is 21.5 Å². The van der Waals surface area contributed by atoms with E-state index in [2.05, 4.69) is 9.71 Å². The number of nitrogen functional groups attached to an aromatic ring is 1. The van der Waals surface area contributed by atoms with Crippen LogP contribution < -0.4 is 10.5 Å². The predicted molar refractivity (Wildman–Crippen MR) is 65.4 cm³/mol. The summed E-state index contributed by atoms with van der Waals surface area (Å²) in [5.74, 6) is 0. The lowest BCUT2D eigenvalue weighted by molar-refractivity contribution is 0.0236. The van der Waals surface area contributed by atoms with Crippen LogP contribution in [0.3, 0.4) is 0 Å². The van der Waals surface area contributed by atoms with Crippen LogP contribution in [0.5, 0.6) is 0 Å². The molecule has 0 spiro atoms. The van der Waals surface area contributed by atoms with Gasteiger partial charge in [-0.05, 0) is 19.8 Å². The van der Waals surface area contributed by atoms with Crippen molar-refractivity contribution >= 4 is 26.5 Å². The number of ether oxygens (including phenoxy) is 1. The Bertz CT molecular complexity index is 506. The van der Waals surface area contributed by atoms with Crippen molar-refractivity contribution < 1.29 is 13.2 Å². The van der Waals surface area contributed by atoms with Crippen LogP contribution in [0.2, 0.25) is 0 Å². The fourth-order valence-electron chi connectivity index (χ4n) is 1.78. The molecule has 0 bridgehead atoms. The molecular formula is C9H15N3O3S2. The van der Waals surface area contributed by atoms with Gasteiger partial charge in [-0.15, -0.1) is 0 Å². The molecule has 1 aliphatic rings. The van der Waals surface area contributed by atoms with E-state index in [4.69, 9.17) is 10.5 Å². The van der Waals surface area contributed by atoms with Crippen LogP contribution in [-0.2, 0) is 14.8 Å². The van der Waals surface area contributed by atoms with E-state index in [1.165, 1.54) is 0 Å². The molecule has 2 rings (SSSR count). The van der Waals surface area contributed by atoms with Crippen molar-refractivity contribution in [3.63, 3.8) is 0 Å². The fraction of sp³-hybridized carbons (Fsp3) is 0.667. The molecule has 1 aromatic heterocycles. The standard InChI is InChI=1S/C9H15N3O3S2/c1-5-8(16-9(10)11-5)17(13,14)12-6-3-7(4-6)15-2/h6-7,12H,3-4H2,1-2H3,(H2,10,11). The highest BCUT2D eigenvalue weighted by atomic mass is 32.2. The van der Waals surface area contributed by atoms with Crippen LogP contribution in [0.4, 0.5) is 5.13 Å². The third-order valence-corrected chi connectivity index (χ3v) is 5.88. The number of aromatic nitrogens is 1. The molecular weight excluding hydrogens is 262 g/mol. The second-order valence-corrected chi connectivity index (χ2v) is 7.01. The van der Waals surface area contributed by atoms with Gasteiger partial charge in [-0.25, -0.2) is 18.1 Å². The summed E-state index contributed by atoms with van der Waals surface area (Å²) in [6.07, 6.45) is 1.59. The normalized spacial score (nSPS) is 24.6. The van der Waals surface area contributed by atoms with Gasteiger partial charge < -0.3 is 10.5 Å². The van der Waals surface area contributed by atoms with E-state index in [1.807, 2.05) is 0 Å². The summed E-state index contributed by atoms with van der Waals surface area (Å²) in [5, 5.41) is 0.270. The number of aryl methyl sites for hydroxylation is 1. The SMILES string of the molecule is COC1CC(NS(=O)(=O)c2sc(N)nc2C)C1. The minimum absolute atomic E-state index is 0.0484. The number of anilines is 1. The van der Waals surface area contributed by atoms with E-state index in [1.54, 1.807) is 14.0 Å². The number of hydrogen-bond acceptors (Lipinski definition) is 6. The van der Waals surface area contributed by atoms with Crippen molar-refractivity contribution in [1.29, 1.82) is 0 Å². The summed E-state index contributed by atoms with van der Waals surface area (Å²) in [6, 6.07) is -0.0484. The average molecular weight is 277 g/mol. The summed E-state index contributed by atoms with van der Waals surface area (Å²) < 4.78 is 32.0. The van der Waals surface area contributed by atoms with E-state index in [9.17, 15) is 8.42 Å². The average Bonchev–Trinajstić information content (AvgIpc) is 2.51. The zero-order valence-electron chi connectivity index (χ0n) is 9.63. The summed E-state index contributed by atoms with van der Waals surface area (Å²) in [7, 11) is -1.86. The smallest absolute Gasteiger partial charge is 0.252 e. The van der Waals surface area contributed by atoms with Gasteiger partial charge in [-0.2, -0.15) is 0 Å². The molecule has 17 heavy (non-hydrogen) atoms. The minimum Gasteiger partial charge on any atom is -0.381 e. The lowest BCUT2D eigenvalue weighted by Gasteiger charge is -2.34. The molecule has 3 N–H and O–H groups in total. The lowest BCUT2D eigenvalue weighted by atomic mass is 9.90. The minimum atomic E-state index is -3.49. The molecule has 0 unspecified atom stereocenters. The molecule has 6 nitrogen and oxygen atoms in total. The number of nitrogens with zero attached hydrogens (tertiary/aromatic N) is 1. The maximum absolute atomic E-state index is 12.0. The zero-order chi connectivity index (χ0) is 12.6. The number of rotatable bonds is 4. The summed E-state index contributed by atoms with van der Waals surface area (Å²) in [4.78, 5) is 3.91. The van der Waals surface area contributed by atoms with E-state index in [0.717, 1.165) is 11.3 Å². The van der Waals surface area contributed by atoms with Gasteiger partial charge in [0.25, 0.3) is 10.0 Å². The molecule has 96 valence electrons. The van der Waals surface area contributed by atoms with Crippen LogP contribution >= 0.6 is 11.3 Å². The summed E-state index contributed by atoms with van der Waals surface area (Å²) in [6.45, 7) is 1.64. The Morgan fingerprint density at radius 1 is 1.53 bits per heavy atom. The van der Waals surface area contributed by atoms with Crippen molar-refractivity contribution in [2.75, 3.05) is 12.8 Å². The van der Waals surface area contributed by atoms with Gasteiger partial charge in [0.15, 0.2) is 9.34 Å². The quantitative estimate of drug-likeness (QED) is 0.835. The lowest BCUT2D eigenvalue weighted by Crippen LogP contribution is -2.47. The highest BCUT2D eigenvalue weighted by Gasteiger charge is 2.34. The van der Waals surface area contributed by atoms with Crippen LogP contribution in [0.1, 0.15) is 18.5 Å². The van der Waals surface area contributed by atoms with Gasteiger partial charge in [-0.3, -0.25) is 0 Å². The van der Waals surface area contributed by atoms with Crippen LogP contribution in [0.15, 0.2) is 4.21 Å². The molecule has 0 atom stereocenters. The van der Waals surface area contributed by atoms with Crippen molar-refractivity contribution in [2.24, 2.45) is 0 Å². The Labute approximate surface area is 104 Å². The molecule has 0 radical (unpaired) electrons. The number of nitrogens with one attached hydrogen (secondary N) is 1.